The van der Waals surface area contributed by atoms with Gasteiger partial charge in [0.05, 0.1) is 0 Å². The van der Waals surface area contributed by atoms with Crippen LogP contribution in [0.15, 0.2) is 0 Å². The van der Waals surface area contributed by atoms with Gasteiger partial charge in [-0.05, 0) is 43.4 Å². The van der Waals surface area contributed by atoms with Gasteiger partial charge in [-0.15, -0.1) is 0 Å². The lowest BCUT2D eigenvalue weighted by molar-refractivity contribution is 0.447. The molecule has 1 N–H and O–H groups in total. The Balaban J connectivity index is 1.67. The van der Waals surface area contributed by atoms with Crippen molar-refractivity contribution in [2.75, 3.05) is 12.3 Å². The molecule has 1 saturated carbocycles. The van der Waals surface area contributed by atoms with Crippen LogP contribution in [0.3, 0.4) is 0 Å². The van der Waals surface area contributed by atoms with Crippen LogP contribution in [0.2, 0.25) is 0 Å². The first-order valence-corrected chi connectivity index (χ1v) is 6.67. The van der Waals surface area contributed by atoms with E-state index in [9.17, 15) is 0 Å². The molecule has 0 aromatic carbocycles. The van der Waals surface area contributed by atoms with Crippen molar-refractivity contribution in [3.8, 4) is 0 Å². The van der Waals surface area contributed by atoms with Crippen LogP contribution in [0.4, 0.5) is 0 Å². The molecule has 0 radical (unpaired) electrons. The summed E-state index contributed by atoms with van der Waals surface area (Å²) in [5, 5.41) is 4.58. The summed E-state index contributed by atoms with van der Waals surface area (Å²) in [4.78, 5) is 0. The molecule has 76 valence electrons. The monoisotopic (exact) mass is 199 g/mol. The van der Waals surface area contributed by atoms with E-state index in [1.165, 1.54) is 31.6 Å². The molecular formula is C11H21NS. The van der Waals surface area contributed by atoms with E-state index in [1.54, 1.807) is 0 Å². The van der Waals surface area contributed by atoms with Gasteiger partial charge in [0, 0.05) is 11.3 Å². The quantitative estimate of drug-likeness (QED) is 0.749. The highest BCUT2D eigenvalue weighted by molar-refractivity contribution is 7.99. The molecule has 2 heteroatoms. The van der Waals surface area contributed by atoms with Crippen LogP contribution in [0.25, 0.3) is 0 Å². The molecular weight excluding hydrogens is 178 g/mol. The fourth-order valence-electron chi connectivity index (χ4n) is 2.18. The average molecular weight is 199 g/mol. The van der Waals surface area contributed by atoms with E-state index in [0.29, 0.717) is 0 Å². The fraction of sp³-hybridized carbons (Fsp3) is 1.00. The third kappa shape index (κ3) is 2.63. The van der Waals surface area contributed by atoms with Crippen LogP contribution >= 0.6 is 11.8 Å². The minimum Gasteiger partial charge on any atom is -0.313 e. The highest BCUT2D eigenvalue weighted by Gasteiger charge is 2.33. The van der Waals surface area contributed by atoms with Gasteiger partial charge in [-0.1, -0.05) is 13.8 Å². The van der Waals surface area contributed by atoms with E-state index in [1.807, 2.05) is 0 Å². The minimum absolute atomic E-state index is 0.798. The van der Waals surface area contributed by atoms with Crippen molar-refractivity contribution in [3.63, 3.8) is 0 Å². The lowest BCUT2D eigenvalue weighted by Crippen LogP contribution is -2.40. The predicted octanol–water partition coefficient (Wildman–Crippen LogP) is 2.52. The Morgan fingerprint density at radius 3 is 2.77 bits per heavy atom. The van der Waals surface area contributed by atoms with Gasteiger partial charge < -0.3 is 5.32 Å². The molecule has 1 heterocycles. The number of hydrogen-bond donors (Lipinski definition) is 1. The molecule has 1 nitrogen and oxygen atoms in total. The summed E-state index contributed by atoms with van der Waals surface area (Å²) in [7, 11) is 0. The minimum atomic E-state index is 0.798. The Morgan fingerprint density at radius 1 is 1.38 bits per heavy atom. The summed E-state index contributed by atoms with van der Waals surface area (Å²) in [5.74, 6) is 3.37. The number of hydrogen-bond acceptors (Lipinski definition) is 2. The van der Waals surface area contributed by atoms with Gasteiger partial charge in [0.15, 0.2) is 0 Å². The molecule has 1 saturated heterocycles. The third-order valence-corrected chi connectivity index (χ3v) is 4.90. The van der Waals surface area contributed by atoms with Crippen LogP contribution in [0.5, 0.6) is 0 Å². The summed E-state index contributed by atoms with van der Waals surface area (Å²) in [6.45, 7) is 6.01. The van der Waals surface area contributed by atoms with Crippen molar-refractivity contribution in [1.29, 1.82) is 0 Å². The Labute approximate surface area is 86.0 Å². The second-order valence-corrected chi connectivity index (χ2v) is 6.19. The highest BCUT2D eigenvalue weighted by Crippen LogP contribution is 2.37. The lowest BCUT2D eigenvalue weighted by Gasteiger charge is -2.29. The topological polar surface area (TPSA) is 12.0 Å². The molecule has 2 fully saturated rings. The van der Waals surface area contributed by atoms with Gasteiger partial charge in [0.1, 0.15) is 0 Å². The Morgan fingerprint density at radius 2 is 2.15 bits per heavy atom. The molecule has 0 spiro atoms. The molecule has 0 aromatic rings. The molecule has 0 amide bonds. The van der Waals surface area contributed by atoms with Crippen molar-refractivity contribution >= 4 is 11.8 Å². The summed E-state index contributed by atoms with van der Waals surface area (Å²) in [5.41, 5.74) is 0. The Kier molecular flexibility index (Phi) is 3.20. The SMILES string of the molecule is CC1CC1CNC1CCCSC1C. The summed E-state index contributed by atoms with van der Waals surface area (Å²) >= 11 is 2.14. The second kappa shape index (κ2) is 4.22. The van der Waals surface area contributed by atoms with E-state index in [2.05, 4.69) is 30.9 Å². The Hall–Kier alpha value is 0.310. The second-order valence-electron chi connectivity index (χ2n) is 4.71. The van der Waals surface area contributed by atoms with E-state index in [0.717, 1.165) is 23.1 Å². The van der Waals surface area contributed by atoms with Gasteiger partial charge in [-0.25, -0.2) is 0 Å². The standard InChI is InChI=1S/C11H21NS/c1-8-6-10(8)7-12-11-4-3-5-13-9(11)2/h8-12H,3-7H2,1-2H3. The highest BCUT2D eigenvalue weighted by atomic mass is 32.2. The van der Waals surface area contributed by atoms with Gasteiger partial charge in [0.25, 0.3) is 0 Å². The summed E-state index contributed by atoms with van der Waals surface area (Å²) in [6.07, 6.45) is 4.27. The molecule has 4 unspecified atom stereocenters. The zero-order valence-corrected chi connectivity index (χ0v) is 9.57. The van der Waals surface area contributed by atoms with E-state index < -0.39 is 0 Å². The average Bonchev–Trinajstić information content (AvgIpc) is 2.81. The van der Waals surface area contributed by atoms with Crippen LogP contribution in [0.1, 0.15) is 33.1 Å². The summed E-state index contributed by atoms with van der Waals surface area (Å²) < 4.78 is 0. The molecule has 2 rings (SSSR count). The van der Waals surface area contributed by atoms with Crippen LogP contribution < -0.4 is 5.32 Å². The molecule has 1 aliphatic carbocycles. The zero-order chi connectivity index (χ0) is 9.26. The van der Waals surface area contributed by atoms with E-state index >= 15 is 0 Å². The first-order valence-electron chi connectivity index (χ1n) is 5.62. The maximum Gasteiger partial charge on any atom is 0.0184 e. The van der Waals surface area contributed by atoms with Gasteiger partial charge >= 0.3 is 0 Å². The van der Waals surface area contributed by atoms with Crippen LogP contribution in [-0.2, 0) is 0 Å². The smallest absolute Gasteiger partial charge is 0.0184 e. The third-order valence-electron chi connectivity index (χ3n) is 3.53. The molecule has 13 heavy (non-hydrogen) atoms. The van der Waals surface area contributed by atoms with Gasteiger partial charge in [-0.2, -0.15) is 11.8 Å². The number of thioether (sulfide) groups is 1. The van der Waals surface area contributed by atoms with Crippen LogP contribution in [0, 0.1) is 11.8 Å². The van der Waals surface area contributed by atoms with E-state index in [4.69, 9.17) is 0 Å². The fourth-order valence-corrected chi connectivity index (χ4v) is 3.35. The van der Waals surface area contributed by atoms with Gasteiger partial charge in [0.2, 0.25) is 0 Å². The van der Waals surface area contributed by atoms with Crippen molar-refractivity contribution < 1.29 is 0 Å². The maximum absolute atomic E-state index is 3.74. The first-order chi connectivity index (χ1) is 6.27. The molecule has 2 aliphatic rings. The van der Waals surface area contributed by atoms with E-state index in [-0.39, 0.29) is 0 Å². The summed E-state index contributed by atoms with van der Waals surface area (Å²) in [6, 6.07) is 0.798. The number of rotatable bonds is 3. The molecule has 0 bridgehead atoms. The number of nitrogens with one attached hydrogen (secondary N) is 1. The molecule has 4 atom stereocenters. The maximum atomic E-state index is 3.74. The lowest BCUT2D eigenvalue weighted by atomic mass is 10.1. The largest absolute Gasteiger partial charge is 0.313 e. The Bertz CT molecular complexity index is 171. The zero-order valence-electron chi connectivity index (χ0n) is 8.75. The van der Waals surface area contributed by atoms with Gasteiger partial charge in [-0.3, -0.25) is 0 Å². The normalized spacial score (nSPS) is 44.8. The van der Waals surface area contributed by atoms with Crippen molar-refractivity contribution in [3.05, 3.63) is 0 Å². The van der Waals surface area contributed by atoms with Crippen molar-refractivity contribution in [2.24, 2.45) is 11.8 Å². The predicted molar refractivity (Wildman–Crippen MR) is 60.2 cm³/mol. The van der Waals surface area contributed by atoms with Crippen molar-refractivity contribution in [1.82, 2.24) is 5.32 Å². The van der Waals surface area contributed by atoms with Crippen LogP contribution in [-0.4, -0.2) is 23.6 Å². The molecule has 0 aromatic heterocycles. The molecule has 1 aliphatic heterocycles. The first kappa shape index (κ1) is 9.85. The van der Waals surface area contributed by atoms with Crippen molar-refractivity contribution in [2.45, 2.75) is 44.4 Å².